The van der Waals surface area contributed by atoms with Crippen LogP contribution < -0.4 is 4.90 Å². The van der Waals surface area contributed by atoms with Gasteiger partial charge in [-0.1, -0.05) is 48.0 Å². The van der Waals surface area contributed by atoms with Gasteiger partial charge in [-0.05, 0) is 44.4 Å². The van der Waals surface area contributed by atoms with Gasteiger partial charge in [-0.2, -0.15) is 4.31 Å². The van der Waals surface area contributed by atoms with Crippen molar-refractivity contribution in [2.24, 2.45) is 13.0 Å². The van der Waals surface area contributed by atoms with Gasteiger partial charge in [-0.15, -0.1) is 0 Å². The SMILES string of the molecule is Cc1ccc(N(Cc2ccccc2)C(=O)C2CCN(S(=O)(=O)c3cn(C)c(C)n3)CC2)cc1. The fourth-order valence-corrected chi connectivity index (χ4v) is 5.63. The normalized spacial score (nSPS) is 15.5. The van der Waals surface area contributed by atoms with Crippen LogP contribution in [0.4, 0.5) is 5.69 Å². The molecule has 0 radical (unpaired) electrons. The molecule has 1 aliphatic rings. The van der Waals surface area contributed by atoms with Crippen LogP contribution in [0, 0.1) is 19.8 Å². The van der Waals surface area contributed by atoms with Gasteiger partial charge < -0.3 is 9.47 Å². The summed E-state index contributed by atoms with van der Waals surface area (Å²) in [7, 11) is -1.89. The molecular formula is C25H30N4O3S. The molecule has 0 aliphatic carbocycles. The maximum Gasteiger partial charge on any atom is 0.262 e. The molecule has 0 saturated carbocycles. The molecule has 1 saturated heterocycles. The Hall–Kier alpha value is -2.97. The molecular weight excluding hydrogens is 436 g/mol. The van der Waals surface area contributed by atoms with Crippen LogP contribution in [0.25, 0.3) is 0 Å². The van der Waals surface area contributed by atoms with E-state index in [1.807, 2.05) is 66.4 Å². The summed E-state index contributed by atoms with van der Waals surface area (Å²) in [5.41, 5.74) is 3.04. The van der Waals surface area contributed by atoms with E-state index in [-0.39, 0.29) is 16.9 Å². The number of aromatic nitrogens is 2. The lowest BCUT2D eigenvalue weighted by molar-refractivity contribution is -0.123. The number of imidazole rings is 1. The number of nitrogens with zero attached hydrogens (tertiary/aromatic N) is 4. The number of carbonyl (C=O) groups excluding carboxylic acids is 1. The van der Waals surface area contributed by atoms with Gasteiger partial charge in [0.1, 0.15) is 5.82 Å². The van der Waals surface area contributed by atoms with E-state index >= 15 is 0 Å². The summed E-state index contributed by atoms with van der Waals surface area (Å²) in [6, 6.07) is 17.9. The number of aryl methyl sites for hydroxylation is 3. The highest BCUT2D eigenvalue weighted by atomic mass is 32.2. The lowest BCUT2D eigenvalue weighted by atomic mass is 9.96. The summed E-state index contributed by atoms with van der Waals surface area (Å²) < 4.78 is 29.2. The van der Waals surface area contributed by atoms with Gasteiger partial charge in [0.15, 0.2) is 5.03 Å². The van der Waals surface area contributed by atoms with Crippen molar-refractivity contribution in [1.82, 2.24) is 13.9 Å². The van der Waals surface area contributed by atoms with E-state index < -0.39 is 10.0 Å². The molecule has 0 spiro atoms. The first-order valence-corrected chi connectivity index (χ1v) is 12.6. The number of piperidine rings is 1. The Morgan fingerprint density at radius 1 is 1.03 bits per heavy atom. The predicted octanol–water partition coefficient (Wildman–Crippen LogP) is 3.67. The van der Waals surface area contributed by atoms with Crippen LogP contribution in [0.2, 0.25) is 0 Å². The second-order valence-electron chi connectivity index (χ2n) is 8.66. The monoisotopic (exact) mass is 466 g/mol. The number of sulfonamides is 1. The number of benzene rings is 2. The Morgan fingerprint density at radius 2 is 1.67 bits per heavy atom. The molecule has 4 rings (SSSR count). The first-order valence-electron chi connectivity index (χ1n) is 11.2. The number of anilines is 1. The zero-order valence-electron chi connectivity index (χ0n) is 19.3. The molecule has 1 aliphatic heterocycles. The fourth-order valence-electron chi connectivity index (χ4n) is 4.13. The number of hydrogen-bond acceptors (Lipinski definition) is 4. The number of hydrogen-bond donors (Lipinski definition) is 0. The Balaban J connectivity index is 1.50. The highest BCUT2D eigenvalue weighted by Gasteiger charge is 2.35. The lowest BCUT2D eigenvalue weighted by Gasteiger charge is -2.33. The van der Waals surface area contributed by atoms with Gasteiger partial charge in [0.25, 0.3) is 10.0 Å². The zero-order valence-corrected chi connectivity index (χ0v) is 20.1. The van der Waals surface area contributed by atoms with Crippen LogP contribution >= 0.6 is 0 Å². The van der Waals surface area contributed by atoms with Crippen molar-refractivity contribution in [3.63, 3.8) is 0 Å². The number of rotatable bonds is 6. The molecule has 1 fully saturated rings. The van der Waals surface area contributed by atoms with E-state index in [1.54, 1.807) is 24.7 Å². The molecule has 8 heteroatoms. The minimum absolute atomic E-state index is 0.0356. The Morgan fingerprint density at radius 3 is 2.24 bits per heavy atom. The van der Waals surface area contributed by atoms with Crippen LogP contribution in [0.3, 0.4) is 0 Å². The van der Waals surface area contributed by atoms with Crippen LogP contribution in [0.15, 0.2) is 65.8 Å². The summed E-state index contributed by atoms with van der Waals surface area (Å²) in [5, 5.41) is 0.0673. The van der Waals surface area contributed by atoms with E-state index in [4.69, 9.17) is 0 Å². The van der Waals surface area contributed by atoms with Crippen molar-refractivity contribution in [2.75, 3.05) is 18.0 Å². The molecule has 2 heterocycles. The van der Waals surface area contributed by atoms with Gasteiger partial charge in [0.05, 0.1) is 6.54 Å². The summed E-state index contributed by atoms with van der Waals surface area (Å²) in [4.78, 5) is 19.6. The average Bonchev–Trinajstić information content (AvgIpc) is 3.17. The molecule has 1 aromatic heterocycles. The van der Waals surface area contributed by atoms with Gasteiger partial charge >= 0.3 is 0 Å². The first kappa shape index (κ1) is 23.2. The molecule has 33 heavy (non-hydrogen) atoms. The van der Waals surface area contributed by atoms with E-state index in [1.165, 1.54) is 4.31 Å². The Bertz CT molecular complexity index is 1190. The van der Waals surface area contributed by atoms with Gasteiger partial charge in [-0.3, -0.25) is 4.79 Å². The van der Waals surface area contributed by atoms with Crippen molar-refractivity contribution in [2.45, 2.75) is 38.3 Å². The number of carbonyl (C=O) groups is 1. The van der Waals surface area contributed by atoms with Crippen LogP contribution in [0.1, 0.15) is 29.8 Å². The van der Waals surface area contributed by atoms with E-state index in [0.29, 0.717) is 38.3 Å². The average molecular weight is 467 g/mol. The maximum atomic E-state index is 13.6. The van der Waals surface area contributed by atoms with Crippen LogP contribution in [-0.2, 0) is 28.4 Å². The predicted molar refractivity (Wildman–Crippen MR) is 128 cm³/mol. The summed E-state index contributed by atoms with van der Waals surface area (Å²) >= 11 is 0. The van der Waals surface area contributed by atoms with Crippen molar-refractivity contribution >= 4 is 21.6 Å². The summed E-state index contributed by atoms with van der Waals surface area (Å²) in [6.07, 6.45) is 2.52. The molecule has 0 unspecified atom stereocenters. The maximum absolute atomic E-state index is 13.6. The largest absolute Gasteiger partial charge is 0.337 e. The molecule has 0 atom stereocenters. The van der Waals surface area contributed by atoms with Crippen LogP contribution in [-0.4, -0.2) is 41.3 Å². The van der Waals surface area contributed by atoms with E-state index in [9.17, 15) is 13.2 Å². The third kappa shape index (κ3) is 5.02. The molecule has 0 bridgehead atoms. The van der Waals surface area contributed by atoms with Crippen molar-refractivity contribution < 1.29 is 13.2 Å². The standard InChI is InChI=1S/C25H30N4O3S/c1-19-9-11-23(12-10-19)29(17-21-7-5-4-6-8-21)25(30)22-13-15-28(16-14-22)33(31,32)24-18-27(3)20(2)26-24/h4-12,18,22H,13-17H2,1-3H3. The minimum Gasteiger partial charge on any atom is -0.337 e. The quantitative estimate of drug-likeness (QED) is 0.556. The lowest BCUT2D eigenvalue weighted by Crippen LogP contribution is -2.44. The van der Waals surface area contributed by atoms with Crippen LogP contribution in [0.5, 0.6) is 0 Å². The van der Waals surface area contributed by atoms with Crippen molar-refractivity contribution in [1.29, 1.82) is 0 Å². The molecule has 7 nitrogen and oxygen atoms in total. The van der Waals surface area contributed by atoms with Gasteiger partial charge in [0.2, 0.25) is 5.91 Å². The zero-order chi connectivity index (χ0) is 23.6. The Labute approximate surface area is 195 Å². The van der Waals surface area contributed by atoms with Gasteiger partial charge in [-0.25, -0.2) is 13.4 Å². The smallest absolute Gasteiger partial charge is 0.262 e. The van der Waals surface area contributed by atoms with Gasteiger partial charge in [0, 0.05) is 37.9 Å². The fraction of sp³-hybridized carbons (Fsp3) is 0.360. The number of amides is 1. The minimum atomic E-state index is -3.66. The summed E-state index contributed by atoms with van der Waals surface area (Å²) in [6.45, 7) is 4.89. The van der Waals surface area contributed by atoms with E-state index in [2.05, 4.69) is 4.98 Å². The third-order valence-corrected chi connectivity index (χ3v) is 8.06. The molecule has 174 valence electrons. The Kier molecular flexibility index (Phi) is 6.67. The molecule has 0 N–H and O–H groups in total. The second-order valence-corrected chi connectivity index (χ2v) is 10.5. The highest BCUT2D eigenvalue weighted by molar-refractivity contribution is 7.89. The molecule has 2 aromatic carbocycles. The first-order chi connectivity index (χ1) is 15.8. The third-order valence-electron chi connectivity index (χ3n) is 6.29. The molecule has 1 amide bonds. The van der Waals surface area contributed by atoms with Crippen molar-refractivity contribution in [3.8, 4) is 0 Å². The summed E-state index contributed by atoms with van der Waals surface area (Å²) in [5.74, 6) is 0.452. The van der Waals surface area contributed by atoms with E-state index in [0.717, 1.165) is 16.8 Å². The second kappa shape index (κ2) is 9.49. The topological polar surface area (TPSA) is 75.5 Å². The molecule has 3 aromatic rings. The highest BCUT2D eigenvalue weighted by Crippen LogP contribution is 2.28. The van der Waals surface area contributed by atoms with Crippen molar-refractivity contribution in [3.05, 3.63) is 77.7 Å².